The Kier molecular flexibility index (Phi) is 7.51. The maximum Gasteiger partial charge on any atom is 0.238 e. The molecule has 1 aliphatic heterocycles. The average molecular weight is 436 g/mol. The summed E-state index contributed by atoms with van der Waals surface area (Å²) in [5.74, 6) is 0.836. The Labute approximate surface area is 177 Å². The SMILES string of the molecule is CCNC(=NCCc1ccc(S(N)(=O)=O)cc1)NC1CCN(c2cccs2)CC1. The number of anilines is 1. The number of primary sulfonamides is 1. The molecule has 1 saturated heterocycles. The molecule has 3 rings (SSSR count). The lowest BCUT2D eigenvalue weighted by Gasteiger charge is -2.33. The van der Waals surface area contributed by atoms with E-state index >= 15 is 0 Å². The fourth-order valence-electron chi connectivity index (χ4n) is 3.35. The maximum absolute atomic E-state index is 11.3. The molecule has 0 unspecified atom stereocenters. The first-order chi connectivity index (χ1) is 14.0. The van der Waals surface area contributed by atoms with E-state index in [0.717, 1.165) is 50.4 Å². The first kappa shape index (κ1) is 21.6. The molecule has 0 radical (unpaired) electrons. The largest absolute Gasteiger partial charge is 0.363 e. The highest BCUT2D eigenvalue weighted by Crippen LogP contribution is 2.24. The highest BCUT2D eigenvalue weighted by Gasteiger charge is 2.20. The van der Waals surface area contributed by atoms with Gasteiger partial charge in [0.05, 0.1) is 9.90 Å². The van der Waals surface area contributed by atoms with Gasteiger partial charge in [-0.25, -0.2) is 13.6 Å². The highest BCUT2D eigenvalue weighted by atomic mass is 32.2. The quantitative estimate of drug-likeness (QED) is 0.457. The second-order valence-corrected chi connectivity index (χ2v) is 9.54. The molecule has 0 bridgehead atoms. The van der Waals surface area contributed by atoms with E-state index in [1.807, 2.05) is 0 Å². The Morgan fingerprint density at radius 3 is 2.55 bits per heavy atom. The van der Waals surface area contributed by atoms with E-state index in [2.05, 4.69) is 45.0 Å². The van der Waals surface area contributed by atoms with Crippen molar-refractivity contribution < 1.29 is 8.42 Å². The molecular weight excluding hydrogens is 406 g/mol. The van der Waals surface area contributed by atoms with Gasteiger partial charge in [0.15, 0.2) is 5.96 Å². The van der Waals surface area contributed by atoms with Crippen LogP contribution in [0.4, 0.5) is 5.00 Å². The van der Waals surface area contributed by atoms with Crippen molar-refractivity contribution in [3.05, 3.63) is 47.3 Å². The van der Waals surface area contributed by atoms with Gasteiger partial charge in [-0.3, -0.25) is 4.99 Å². The van der Waals surface area contributed by atoms with Gasteiger partial charge >= 0.3 is 0 Å². The molecule has 2 heterocycles. The molecule has 1 aliphatic rings. The summed E-state index contributed by atoms with van der Waals surface area (Å²) in [6.07, 6.45) is 2.90. The van der Waals surface area contributed by atoms with Gasteiger partial charge in [0.1, 0.15) is 0 Å². The number of hydrogen-bond acceptors (Lipinski definition) is 5. The number of piperidine rings is 1. The lowest BCUT2D eigenvalue weighted by Crippen LogP contribution is -2.48. The Morgan fingerprint density at radius 2 is 1.97 bits per heavy atom. The molecule has 1 fully saturated rings. The number of nitrogens with two attached hydrogens (primary N) is 1. The third-order valence-corrected chi connectivity index (χ3v) is 6.78. The molecule has 9 heteroatoms. The topological polar surface area (TPSA) is 99.8 Å². The van der Waals surface area contributed by atoms with Crippen LogP contribution in [0.3, 0.4) is 0 Å². The van der Waals surface area contributed by atoms with Crippen molar-refractivity contribution in [1.29, 1.82) is 0 Å². The molecule has 0 amide bonds. The van der Waals surface area contributed by atoms with Gasteiger partial charge in [-0.1, -0.05) is 12.1 Å². The van der Waals surface area contributed by atoms with Crippen LogP contribution in [0.2, 0.25) is 0 Å². The number of nitrogens with one attached hydrogen (secondary N) is 2. The summed E-state index contributed by atoms with van der Waals surface area (Å²) in [5, 5.41) is 15.5. The average Bonchev–Trinajstić information content (AvgIpc) is 3.23. The Morgan fingerprint density at radius 1 is 1.24 bits per heavy atom. The summed E-state index contributed by atoms with van der Waals surface area (Å²) in [6.45, 7) is 5.59. The van der Waals surface area contributed by atoms with Gasteiger partial charge in [0.25, 0.3) is 0 Å². The normalized spacial score (nSPS) is 16.1. The summed E-state index contributed by atoms with van der Waals surface area (Å²) in [5.41, 5.74) is 1.03. The number of hydrogen-bond donors (Lipinski definition) is 3. The number of sulfonamides is 1. The van der Waals surface area contributed by atoms with Gasteiger partial charge in [0.2, 0.25) is 10.0 Å². The summed E-state index contributed by atoms with van der Waals surface area (Å²) < 4.78 is 22.7. The van der Waals surface area contributed by atoms with Crippen LogP contribution < -0.4 is 20.7 Å². The predicted molar refractivity (Wildman–Crippen MR) is 120 cm³/mol. The molecule has 0 spiro atoms. The predicted octanol–water partition coefficient (Wildman–Crippen LogP) is 2.16. The molecule has 4 N–H and O–H groups in total. The number of nitrogens with zero attached hydrogens (tertiary/aromatic N) is 2. The Hall–Kier alpha value is -2.10. The van der Waals surface area contributed by atoms with E-state index in [0.29, 0.717) is 12.6 Å². The van der Waals surface area contributed by atoms with E-state index in [4.69, 9.17) is 5.14 Å². The van der Waals surface area contributed by atoms with Crippen molar-refractivity contribution in [2.45, 2.75) is 37.1 Å². The van der Waals surface area contributed by atoms with Gasteiger partial charge in [-0.15, -0.1) is 11.3 Å². The van der Waals surface area contributed by atoms with E-state index in [1.54, 1.807) is 35.6 Å². The van der Waals surface area contributed by atoms with Gasteiger partial charge in [-0.05, 0) is 61.4 Å². The lowest BCUT2D eigenvalue weighted by molar-refractivity contribution is 0.463. The minimum atomic E-state index is -3.65. The molecular formula is C20H29N5O2S2. The molecule has 0 aliphatic carbocycles. The van der Waals surface area contributed by atoms with Crippen LogP contribution in [0.5, 0.6) is 0 Å². The van der Waals surface area contributed by atoms with Crippen LogP contribution in [0.1, 0.15) is 25.3 Å². The zero-order chi connectivity index (χ0) is 20.7. The smallest absolute Gasteiger partial charge is 0.238 e. The van der Waals surface area contributed by atoms with Crippen molar-refractivity contribution in [2.75, 3.05) is 31.1 Å². The van der Waals surface area contributed by atoms with Crippen LogP contribution in [-0.4, -0.2) is 46.6 Å². The molecule has 0 atom stereocenters. The molecule has 0 saturated carbocycles. The molecule has 2 aromatic rings. The minimum absolute atomic E-state index is 0.133. The van der Waals surface area contributed by atoms with E-state index < -0.39 is 10.0 Å². The Bertz CT molecular complexity index is 887. The summed E-state index contributed by atoms with van der Waals surface area (Å²) >= 11 is 1.79. The summed E-state index contributed by atoms with van der Waals surface area (Å²) in [7, 11) is -3.65. The molecule has 7 nitrogen and oxygen atoms in total. The standard InChI is InChI=1S/C20H29N5O2S2/c1-2-22-20(23-12-9-16-5-7-18(8-6-16)29(21,26)27)24-17-10-13-25(14-11-17)19-4-3-15-28-19/h3-8,15,17H,2,9-14H2,1H3,(H2,21,26,27)(H2,22,23,24). The summed E-state index contributed by atoms with van der Waals surface area (Å²) in [6, 6.07) is 11.4. The molecule has 29 heavy (non-hydrogen) atoms. The van der Waals surface area contributed by atoms with Gasteiger partial charge in [-0.2, -0.15) is 0 Å². The number of thiophene rings is 1. The third kappa shape index (κ3) is 6.45. The first-order valence-corrected chi connectivity index (χ1v) is 12.3. The van der Waals surface area contributed by atoms with Gasteiger partial charge in [0, 0.05) is 32.2 Å². The fraction of sp³-hybridized carbons (Fsp3) is 0.450. The van der Waals surface area contributed by atoms with E-state index in [-0.39, 0.29) is 4.90 Å². The first-order valence-electron chi connectivity index (χ1n) is 9.90. The van der Waals surface area contributed by atoms with Crippen LogP contribution >= 0.6 is 11.3 Å². The van der Waals surface area contributed by atoms with Crippen molar-refractivity contribution >= 4 is 32.3 Å². The monoisotopic (exact) mass is 435 g/mol. The van der Waals surface area contributed by atoms with Gasteiger partial charge < -0.3 is 15.5 Å². The molecule has 1 aromatic carbocycles. The number of guanidine groups is 1. The lowest BCUT2D eigenvalue weighted by atomic mass is 10.1. The number of aliphatic imine (C=N–C) groups is 1. The molecule has 158 valence electrons. The van der Waals surface area contributed by atoms with Crippen molar-refractivity contribution in [1.82, 2.24) is 10.6 Å². The third-order valence-electron chi connectivity index (χ3n) is 4.92. The number of benzene rings is 1. The van der Waals surface area contributed by atoms with Crippen molar-refractivity contribution in [2.24, 2.45) is 10.1 Å². The second-order valence-electron chi connectivity index (χ2n) is 7.06. The van der Waals surface area contributed by atoms with Crippen molar-refractivity contribution in [3.63, 3.8) is 0 Å². The van der Waals surface area contributed by atoms with Crippen LogP contribution in [0.25, 0.3) is 0 Å². The highest BCUT2D eigenvalue weighted by molar-refractivity contribution is 7.89. The Balaban J connectivity index is 1.49. The second kappa shape index (κ2) is 10.1. The summed E-state index contributed by atoms with van der Waals surface area (Å²) in [4.78, 5) is 7.26. The van der Waals surface area contributed by atoms with Crippen molar-refractivity contribution in [3.8, 4) is 0 Å². The van der Waals surface area contributed by atoms with E-state index in [9.17, 15) is 8.42 Å². The van der Waals surface area contributed by atoms with Crippen LogP contribution in [-0.2, 0) is 16.4 Å². The molecule has 1 aromatic heterocycles. The number of rotatable bonds is 7. The maximum atomic E-state index is 11.3. The minimum Gasteiger partial charge on any atom is -0.363 e. The zero-order valence-corrected chi connectivity index (χ0v) is 18.3. The van der Waals surface area contributed by atoms with Crippen LogP contribution in [0.15, 0.2) is 51.7 Å². The zero-order valence-electron chi connectivity index (χ0n) is 16.7. The van der Waals surface area contributed by atoms with Crippen LogP contribution in [0, 0.1) is 0 Å². The van der Waals surface area contributed by atoms with E-state index in [1.165, 1.54) is 5.00 Å². The fourth-order valence-corrected chi connectivity index (χ4v) is 4.65.